The van der Waals surface area contributed by atoms with Gasteiger partial charge < -0.3 is 20.3 Å². The molecule has 0 unspecified atom stereocenters. The monoisotopic (exact) mass is 313 g/mol. The molecule has 0 atom stereocenters. The Kier molecular flexibility index (Phi) is 6.00. The number of amides is 1. The zero-order valence-electron chi connectivity index (χ0n) is 13.8. The summed E-state index contributed by atoms with van der Waals surface area (Å²) < 4.78 is 5.11. The van der Waals surface area contributed by atoms with Gasteiger partial charge in [-0.05, 0) is 50.5 Å². The normalized spacial score (nSPS) is 10.4. The predicted molar refractivity (Wildman–Crippen MR) is 94.4 cm³/mol. The third kappa shape index (κ3) is 5.00. The molecule has 0 fully saturated rings. The largest absolute Gasteiger partial charge is 0.497 e. The Morgan fingerprint density at radius 3 is 2.43 bits per heavy atom. The number of hydrogen-bond donors (Lipinski definition) is 2. The van der Waals surface area contributed by atoms with Crippen LogP contribution < -0.4 is 15.4 Å². The fraction of sp³-hybridized carbons (Fsp3) is 0.278. The van der Waals surface area contributed by atoms with Crippen molar-refractivity contribution in [2.75, 3.05) is 44.9 Å². The van der Waals surface area contributed by atoms with Crippen molar-refractivity contribution in [1.29, 1.82) is 0 Å². The first kappa shape index (κ1) is 16.8. The van der Waals surface area contributed by atoms with Crippen LogP contribution in [0.4, 0.5) is 11.4 Å². The maximum atomic E-state index is 12.5. The summed E-state index contributed by atoms with van der Waals surface area (Å²) in [6.45, 7) is 1.67. The van der Waals surface area contributed by atoms with Gasteiger partial charge in [0.05, 0.1) is 12.7 Å². The number of hydrogen-bond acceptors (Lipinski definition) is 4. The lowest BCUT2D eigenvalue weighted by molar-refractivity contribution is 0.102. The summed E-state index contributed by atoms with van der Waals surface area (Å²) in [5.74, 6) is 0.622. The van der Waals surface area contributed by atoms with Crippen molar-refractivity contribution in [3.8, 4) is 5.75 Å². The molecule has 1 amide bonds. The molecule has 0 aliphatic rings. The minimum Gasteiger partial charge on any atom is -0.497 e. The van der Waals surface area contributed by atoms with E-state index in [1.54, 1.807) is 7.11 Å². The van der Waals surface area contributed by atoms with Gasteiger partial charge in [0, 0.05) is 24.5 Å². The maximum Gasteiger partial charge on any atom is 0.257 e. The van der Waals surface area contributed by atoms with Crippen LogP contribution in [-0.2, 0) is 0 Å². The summed E-state index contributed by atoms with van der Waals surface area (Å²) in [6, 6.07) is 14.8. The molecule has 0 radical (unpaired) electrons. The third-order valence-electron chi connectivity index (χ3n) is 3.39. The second-order valence-electron chi connectivity index (χ2n) is 5.46. The maximum absolute atomic E-state index is 12.5. The first-order valence-corrected chi connectivity index (χ1v) is 7.53. The average Bonchev–Trinajstić information content (AvgIpc) is 2.55. The number of methoxy groups -OCH3 is 1. The van der Waals surface area contributed by atoms with Crippen LogP contribution in [0.2, 0.25) is 0 Å². The van der Waals surface area contributed by atoms with Crippen LogP contribution in [0, 0.1) is 0 Å². The Labute approximate surface area is 137 Å². The molecule has 0 aliphatic heterocycles. The number of carbonyl (C=O) groups is 1. The van der Waals surface area contributed by atoms with Crippen molar-refractivity contribution in [3.05, 3.63) is 54.1 Å². The lowest BCUT2D eigenvalue weighted by Crippen LogP contribution is -2.22. The average molecular weight is 313 g/mol. The van der Waals surface area contributed by atoms with Crippen LogP contribution in [0.5, 0.6) is 5.75 Å². The molecular weight excluding hydrogens is 290 g/mol. The Balaban J connectivity index is 2.05. The van der Waals surface area contributed by atoms with E-state index < -0.39 is 0 Å². The van der Waals surface area contributed by atoms with E-state index in [1.807, 2.05) is 62.6 Å². The van der Waals surface area contributed by atoms with E-state index in [1.165, 1.54) is 0 Å². The Morgan fingerprint density at radius 1 is 1.09 bits per heavy atom. The molecule has 0 saturated carbocycles. The van der Waals surface area contributed by atoms with Gasteiger partial charge in [0.15, 0.2) is 0 Å². The summed E-state index contributed by atoms with van der Waals surface area (Å²) in [5.41, 5.74) is 2.20. The molecule has 0 aromatic heterocycles. The van der Waals surface area contributed by atoms with Crippen LogP contribution in [0.3, 0.4) is 0 Å². The van der Waals surface area contributed by atoms with E-state index in [-0.39, 0.29) is 5.91 Å². The Morgan fingerprint density at radius 2 is 1.78 bits per heavy atom. The van der Waals surface area contributed by atoms with Crippen molar-refractivity contribution in [2.45, 2.75) is 0 Å². The van der Waals surface area contributed by atoms with Crippen molar-refractivity contribution in [2.24, 2.45) is 0 Å². The van der Waals surface area contributed by atoms with E-state index in [0.29, 0.717) is 5.56 Å². The highest BCUT2D eigenvalue weighted by Gasteiger charge is 2.11. The van der Waals surface area contributed by atoms with Gasteiger partial charge in [0.2, 0.25) is 0 Å². The molecule has 5 heteroatoms. The van der Waals surface area contributed by atoms with Crippen molar-refractivity contribution in [3.63, 3.8) is 0 Å². The zero-order chi connectivity index (χ0) is 16.7. The molecule has 0 heterocycles. The first-order valence-electron chi connectivity index (χ1n) is 7.53. The second-order valence-corrected chi connectivity index (χ2v) is 5.46. The number of nitrogens with zero attached hydrogens (tertiary/aromatic N) is 1. The molecule has 122 valence electrons. The number of para-hydroxylation sites is 1. The summed E-state index contributed by atoms with van der Waals surface area (Å²) in [5, 5.41) is 6.21. The lowest BCUT2D eigenvalue weighted by atomic mass is 10.1. The highest BCUT2D eigenvalue weighted by molar-refractivity contribution is 6.08. The highest BCUT2D eigenvalue weighted by Crippen LogP contribution is 2.19. The summed E-state index contributed by atoms with van der Waals surface area (Å²) >= 11 is 0. The van der Waals surface area contributed by atoms with Crippen LogP contribution >= 0.6 is 0 Å². The Bertz CT molecular complexity index is 639. The minimum atomic E-state index is -0.136. The topological polar surface area (TPSA) is 53.6 Å². The quantitative estimate of drug-likeness (QED) is 0.825. The van der Waals surface area contributed by atoms with Gasteiger partial charge in [0.1, 0.15) is 5.75 Å². The van der Waals surface area contributed by atoms with Gasteiger partial charge in [0.25, 0.3) is 5.91 Å². The van der Waals surface area contributed by atoms with E-state index in [4.69, 9.17) is 4.74 Å². The SMILES string of the molecule is COc1ccc(NC(=O)c2ccccc2NCCN(C)C)cc1. The molecular formula is C18H23N3O2. The van der Waals surface area contributed by atoms with Gasteiger partial charge in [-0.3, -0.25) is 4.79 Å². The number of benzene rings is 2. The molecule has 0 spiro atoms. The molecule has 2 rings (SSSR count). The molecule has 2 aromatic rings. The van der Waals surface area contributed by atoms with Crippen LogP contribution in [0.25, 0.3) is 0 Å². The molecule has 5 nitrogen and oxygen atoms in total. The number of carbonyl (C=O) groups excluding carboxylic acids is 1. The van der Waals surface area contributed by atoms with Gasteiger partial charge in [-0.2, -0.15) is 0 Å². The first-order chi connectivity index (χ1) is 11.1. The molecule has 2 N–H and O–H groups in total. The molecule has 23 heavy (non-hydrogen) atoms. The van der Waals surface area contributed by atoms with E-state index in [0.717, 1.165) is 30.2 Å². The Hall–Kier alpha value is -2.53. The third-order valence-corrected chi connectivity index (χ3v) is 3.39. The van der Waals surface area contributed by atoms with Gasteiger partial charge in [-0.15, -0.1) is 0 Å². The van der Waals surface area contributed by atoms with Crippen LogP contribution in [-0.4, -0.2) is 45.1 Å². The molecule has 0 saturated heterocycles. The second kappa shape index (κ2) is 8.19. The lowest BCUT2D eigenvalue weighted by Gasteiger charge is -2.14. The van der Waals surface area contributed by atoms with Gasteiger partial charge in [-0.25, -0.2) is 0 Å². The number of anilines is 2. The number of rotatable bonds is 7. The number of nitrogens with one attached hydrogen (secondary N) is 2. The molecule has 0 aliphatic carbocycles. The van der Waals surface area contributed by atoms with Crippen LogP contribution in [0.15, 0.2) is 48.5 Å². The summed E-state index contributed by atoms with van der Waals surface area (Å²) in [7, 11) is 5.65. The van der Waals surface area contributed by atoms with E-state index in [2.05, 4.69) is 15.5 Å². The number of ether oxygens (including phenoxy) is 1. The van der Waals surface area contributed by atoms with Crippen LogP contribution in [0.1, 0.15) is 10.4 Å². The highest BCUT2D eigenvalue weighted by atomic mass is 16.5. The summed E-state index contributed by atoms with van der Waals surface area (Å²) in [6.07, 6.45) is 0. The van der Waals surface area contributed by atoms with Crippen molar-refractivity contribution >= 4 is 17.3 Å². The molecule has 2 aromatic carbocycles. The van der Waals surface area contributed by atoms with Gasteiger partial charge >= 0.3 is 0 Å². The standard InChI is InChI=1S/C18H23N3O2/c1-21(2)13-12-19-17-7-5-4-6-16(17)18(22)20-14-8-10-15(23-3)11-9-14/h4-11,19H,12-13H2,1-3H3,(H,20,22). The fourth-order valence-electron chi connectivity index (χ4n) is 2.12. The van der Waals surface area contributed by atoms with E-state index >= 15 is 0 Å². The summed E-state index contributed by atoms with van der Waals surface area (Å²) in [4.78, 5) is 14.6. The minimum absolute atomic E-state index is 0.136. The van der Waals surface area contributed by atoms with Crippen molar-refractivity contribution < 1.29 is 9.53 Å². The molecule has 0 bridgehead atoms. The fourth-order valence-corrected chi connectivity index (χ4v) is 2.12. The predicted octanol–water partition coefficient (Wildman–Crippen LogP) is 2.92. The number of likely N-dealkylation sites (N-methyl/N-ethyl adjacent to an activating group) is 1. The smallest absolute Gasteiger partial charge is 0.257 e. The van der Waals surface area contributed by atoms with E-state index in [9.17, 15) is 4.79 Å². The zero-order valence-corrected chi connectivity index (χ0v) is 13.8. The van der Waals surface area contributed by atoms with Gasteiger partial charge in [-0.1, -0.05) is 12.1 Å². The van der Waals surface area contributed by atoms with Crippen molar-refractivity contribution in [1.82, 2.24) is 4.90 Å².